The van der Waals surface area contributed by atoms with Crippen LogP contribution in [0.2, 0.25) is 0 Å². The molecule has 6 nitrogen and oxygen atoms in total. The number of hydrogen-bond acceptors (Lipinski definition) is 4. The summed E-state index contributed by atoms with van der Waals surface area (Å²) in [5, 5.41) is 5.54. The van der Waals surface area contributed by atoms with Gasteiger partial charge in [-0.25, -0.2) is 0 Å². The van der Waals surface area contributed by atoms with E-state index < -0.39 is 0 Å². The Labute approximate surface area is 125 Å². The molecule has 0 unspecified atom stereocenters. The largest absolute Gasteiger partial charge is 0.459 e. The predicted molar refractivity (Wildman–Crippen MR) is 81.0 cm³/mol. The maximum absolute atomic E-state index is 11.7. The van der Waals surface area contributed by atoms with Gasteiger partial charge in [-0.15, -0.1) is 0 Å². The molecule has 2 N–H and O–H groups in total. The third-order valence-corrected chi connectivity index (χ3v) is 2.89. The zero-order chi connectivity index (χ0) is 15.9. The van der Waals surface area contributed by atoms with Crippen LogP contribution in [0.1, 0.15) is 30.8 Å². The number of carbonyl (C=O) groups excluding carboxylic acids is 2. The quantitative estimate of drug-likeness (QED) is 0.753. The summed E-state index contributed by atoms with van der Waals surface area (Å²) in [6.07, 6.45) is 1.69. The van der Waals surface area contributed by atoms with Crippen molar-refractivity contribution in [1.82, 2.24) is 15.5 Å². The van der Waals surface area contributed by atoms with Gasteiger partial charge in [-0.2, -0.15) is 0 Å². The molecule has 1 rings (SSSR count). The summed E-state index contributed by atoms with van der Waals surface area (Å²) >= 11 is 0. The Morgan fingerprint density at radius 2 is 2.00 bits per heavy atom. The molecule has 0 spiro atoms. The molecule has 0 saturated heterocycles. The van der Waals surface area contributed by atoms with E-state index in [1.807, 2.05) is 14.1 Å². The maximum Gasteiger partial charge on any atom is 0.286 e. The molecule has 0 aliphatic carbocycles. The molecule has 0 fully saturated rings. The fourth-order valence-electron chi connectivity index (χ4n) is 2.12. The van der Waals surface area contributed by atoms with Gasteiger partial charge in [0.25, 0.3) is 5.91 Å². The number of nitrogens with one attached hydrogen (secondary N) is 2. The average molecular weight is 295 g/mol. The molecule has 6 heteroatoms. The number of carbonyl (C=O) groups is 2. The van der Waals surface area contributed by atoms with E-state index in [9.17, 15) is 9.59 Å². The molecule has 0 bridgehead atoms. The van der Waals surface area contributed by atoms with Crippen LogP contribution in [-0.2, 0) is 4.79 Å². The third-order valence-electron chi connectivity index (χ3n) is 2.89. The van der Waals surface area contributed by atoms with Crippen molar-refractivity contribution in [2.45, 2.75) is 20.3 Å². The van der Waals surface area contributed by atoms with Crippen LogP contribution in [0.3, 0.4) is 0 Å². The summed E-state index contributed by atoms with van der Waals surface area (Å²) in [6, 6.07) is 3.23. The predicted octanol–water partition coefficient (Wildman–Crippen LogP) is 1.10. The second-order valence-corrected chi connectivity index (χ2v) is 6.16. The zero-order valence-corrected chi connectivity index (χ0v) is 13.2. The smallest absolute Gasteiger partial charge is 0.286 e. The first-order valence-corrected chi connectivity index (χ1v) is 7.03. The van der Waals surface area contributed by atoms with Crippen LogP contribution in [-0.4, -0.2) is 50.4 Å². The fraction of sp³-hybridized carbons (Fsp3) is 0.600. The second-order valence-electron chi connectivity index (χ2n) is 6.16. The number of furan rings is 1. The molecular formula is C15H25N3O3. The first kappa shape index (κ1) is 17.2. The van der Waals surface area contributed by atoms with Crippen molar-refractivity contribution < 1.29 is 14.0 Å². The topological polar surface area (TPSA) is 74.6 Å². The monoisotopic (exact) mass is 295 g/mol. The Bertz CT molecular complexity index is 453. The van der Waals surface area contributed by atoms with Crippen LogP contribution in [0, 0.1) is 5.41 Å². The summed E-state index contributed by atoms with van der Waals surface area (Å²) in [4.78, 5) is 25.4. The highest BCUT2D eigenvalue weighted by Crippen LogP contribution is 2.13. The molecule has 1 heterocycles. The van der Waals surface area contributed by atoms with Crippen LogP contribution in [0.15, 0.2) is 22.8 Å². The van der Waals surface area contributed by atoms with Gasteiger partial charge in [-0.05, 0) is 31.6 Å². The van der Waals surface area contributed by atoms with Crippen LogP contribution >= 0.6 is 0 Å². The van der Waals surface area contributed by atoms with Gasteiger partial charge in [0.2, 0.25) is 5.91 Å². The number of hydrogen-bond donors (Lipinski definition) is 2. The van der Waals surface area contributed by atoms with E-state index in [4.69, 9.17) is 4.42 Å². The van der Waals surface area contributed by atoms with Gasteiger partial charge in [0.1, 0.15) is 0 Å². The van der Waals surface area contributed by atoms with E-state index in [1.54, 1.807) is 12.1 Å². The molecule has 118 valence electrons. The number of nitrogens with zero attached hydrogens (tertiary/aromatic N) is 1. The molecule has 1 aromatic rings. The highest BCUT2D eigenvalue weighted by Gasteiger charge is 2.19. The van der Waals surface area contributed by atoms with Crippen molar-refractivity contribution in [2.75, 3.05) is 33.7 Å². The molecule has 0 aliphatic heterocycles. The third kappa shape index (κ3) is 6.94. The van der Waals surface area contributed by atoms with Gasteiger partial charge in [-0.1, -0.05) is 13.8 Å². The van der Waals surface area contributed by atoms with Crippen LogP contribution < -0.4 is 10.6 Å². The van der Waals surface area contributed by atoms with Gasteiger partial charge in [-0.3, -0.25) is 9.59 Å². The number of rotatable bonds is 8. The van der Waals surface area contributed by atoms with Gasteiger partial charge in [0, 0.05) is 26.1 Å². The minimum atomic E-state index is -0.305. The summed E-state index contributed by atoms with van der Waals surface area (Å²) in [5.74, 6) is -0.121. The van der Waals surface area contributed by atoms with E-state index in [-0.39, 0.29) is 29.4 Å². The van der Waals surface area contributed by atoms with Gasteiger partial charge in [0.05, 0.1) is 6.26 Å². The minimum Gasteiger partial charge on any atom is -0.459 e. The SMILES string of the molecule is CN(C)CC(C)(C)CNC(=O)CCNC(=O)c1ccco1. The fourth-order valence-corrected chi connectivity index (χ4v) is 2.12. The average Bonchev–Trinajstić information content (AvgIpc) is 2.88. The summed E-state index contributed by atoms with van der Waals surface area (Å²) < 4.78 is 4.96. The maximum atomic E-state index is 11.7. The zero-order valence-electron chi connectivity index (χ0n) is 13.2. The Morgan fingerprint density at radius 1 is 1.29 bits per heavy atom. The lowest BCUT2D eigenvalue weighted by Gasteiger charge is -2.28. The van der Waals surface area contributed by atoms with Crippen LogP contribution in [0.25, 0.3) is 0 Å². The van der Waals surface area contributed by atoms with Crippen molar-refractivity contribution >= 4 is 11.8 Å². The molecule has 0 aliphatic rings. The Morgan fingerprint density at radius 3 is 2.57 bits per heavy atom. The van der Waals surface area contributed by atoms with E-state index >= 15 is 0 Å². The van der Waals surface area contributed by atoms with E-state index in [2.05, 4.69) is 29.4 Å². The lowest BCUT2D eigenvalue weighted by Crippen LogP contribution is -2.40. The molecule has 21 heavy (non-hydrogen) atoms. The second kappa shape index (κ2) is 7.83. The summed E-state index contributed by atoms with van der Waals surface area (Å²) in [6.45, 7) is 6.00. The molecule has 2 amide bonds. The van der Waals surface area contributed by atoms with E-state index in [1.165, 1.54) is 6.26 Å². The van der Waals surface area contributed by atoms with Crippen LogP contribution in [0.5, 0.6) is 0 Å². The van der Waals surface area contributed by atoms with Crippen molar-refractivity contribution in [3.8, 4) is 0 Å². The van der Waals surface area contributed by atoms with Crippen LogP contribution in [0.4, 0.5) is 0 Å². The molecule has 0 aromatic carbocycles. The Kier molecular flexibility index (Phi) is 6.42. The van der Waals surface area contributed by atoms with Gasteiger partial charge >= 0.3 is 0 Å². The van der Waals surface area contributed by atoms with Crippen molar-refractivity contribution in [3.05, 3.63) is 24.2 Å². The summed E-state index contributed by atoms with van der Waals surface area (Å²) in [7, 11) is 4.02. The summed E-state index contributed by atoms with van der Waals surface area (Å²) in [5.41, 5.74) is 0.0105. The van der Waals surface area contributed by atoms with Crippen molar-refractivity contribution in [1.29, 1.82) is 0 Å². The molecule has 0 radical (unpaired) electrons. The van der Waals surface area contributed by atoms with E-state index in [0.717, 1.165) is 6.54 Å². The molecular weight excluding hydrogens is 270 g/mol. The first-order valence-electron chi connectivity index (χ1n) is 7.03. The lowest BCUT2D eigenvalue weighted by atomic mass is 9.93. The van der Waals surface area contributed by atoms with Gasteiger partial charge in [0.15, 0.2) is 5.76 Å². The van der Waals surface area contributed by atoms with E-state index in [0.29, 0.717) is 13.1 Å². The standard InChI is InChI=1S/C15H25N3O3/c1-15(2,11-18(3)4)10-17-13(19)7-8-16-14(20)12-6-5-9-21-12/h5-6,9H,7-8,10-11H2,1-4H3,(H,16,20)(H,17,19). The molecule has 0 atom stereocenters. The minimum absolute atomic E-state index is 0.0105. The Hall–Kier alpha value is -1.82. The molecule has 0 saturated carbocycles. The van der Waals surface area contributed by atoms with Gasteiger partial charge < -0.3 is 20.0 Å². The van der Waals surface area contributed by atoms with Crippen molar-refractivity contribution in [2.24, 2.45) is 5.41 Å². The normalized spacial score (nSPS) is 11.5. The highest BCUT2D eigenvalue weighted by atomic mass is 16.3. The highest BCUT2D eigenvalue weighted by molar-refractivity contribution is 5.91. The number of amides is 2. The molecule has 1 aromatic heterocycles. The Balaban J connectivity index is 2.21. The lowest BCUT2D eigenvalue weighted by molar-refractivity contribution is -0.121. The van der Waals surface area contributed by atoms with Crippen molar-refractivity contribution in [3.63, 3.8) is 0 Å². The first-order chi connectivity index (χ1) is 9.80.